The van der Waals surface area contributed by atoms with Gasteiger partial charge in [0.2, 0.25) is 0 Å². The molecule has 1 aromatic carbocycles. The molecule has 0 saturated heterocycles. The highest BCUT2D eigenvalue weighted by atomic mass is 16.5. The van der Waals surface area contributed by atoms with Crippen molar-refractivity contribution in [1.82, 2.24) is 10.3 Å². The number of aryl methyl sites for hydroxylation is 1. The first-order chi connectivity index (χ1) is 9.83. The zero-order valence-electron chi connectivity index (χ0n) is 11.1. The van der Waals surface area contributed by atoms with Crippen LogP contribution in [0.2, 0.25) is 0 Å². The van der Waals surface area contributed by atoms with E-state index in [1.807, 2.05) is 30.3 Å². The van der Waals surface area contributed by atoms with Gasteiger partial charge in [-0.25, -0.2) is 0 Å². The van der Waals surface area contributed by atoms with Gasteiger partial charge in [0, 0.05) is 11.8 Å². The molecule has 2 heterocycles. The van der Waals surface area contributed by atoms with E-state index in [2.05, 4.69) is 10.3 Å². The monoisotopic (exact) mass is 268 g/mol. The summed E-state index contributed by atoms with van der Waals surface area (Å²) in [5.74, 6) is 0.821. The second-order valence-corrected chi connectivity index (χ2v) is 4.78. The average Bonchev–Trinajstić information content (AvgIpc) is 2.53. The number of pyridine rings is 1. The number of hydrogen-bond donors (Lipinski definition) is 1. The zero-order valence-corrected chi connectivity index (χ0v) is 11.1. The summed E-state index contributed by atoms with van der Waals surface area (Å²) in [7, 11) is 0. The molecule has 0 saturated carbocycles. The maximum absolute atomic E-state index is 12.1. The van der Waals surface area contributed by atoms with E-state index in [1.54, 1.807) is 12.3 Å². The minimum Gasteiger partial charge on any atom is -0.493 e. The summed E-state index contributed by atoms with van der Waals surface area (Å²) in [4.78, 5) is 16.3. The van der Waals surface area contributed by atoms with E-state index in [0.717, 1.165) is 36.5 Å². The van der Waals surface area contributed by atoms with Crippen molar-refractivity contribution in [3.8, 4) is 5.75 Å². The van der Waals surface area contributed by atoms with Crippen LogP contribution in [-0.4, -0.2) is 17.5 Å². The Morgan fingerprint density at radius 2 is 2.25 bits per heavy atom. The van der Waals surface area contributed by atoms with Crippen LogP contribution in [-0.2, 0) is 13.0 Å². The average molecular weight is 268 g/mol. The largest absolute Gasteiger partial charge is 0.493 e. The third kappa shape index (κ3) is 2.79. The summed E-state index contributed by atoms with van der Waals surface area (Å²) < 4.78 is 5.55. The van der Waals surface area contributed by atoms with Gasteiger partial charge in [0.25, 0.3) is 5.91 Å². The lowest BCUT2D eigenvalue weighted by Crippen LogP contribution is -2.23. The molecule has 0 radical (unpaired) electrons. The maximum Gasteiger partial charge on any atom is 0.251 e. The lowest BCUT2D eigenvalue weighted by molar-refractivity contribution is 0.0950. The molecule has 102 valence electrons. The van der Waals surface area contributed by atoms with E-state index in [4.69, 9.17) is 4.74 Å². The van der Waals surface area contributed by atoms with Gasteiger partial charge in [-0.15, -0.1) is 0 Å². The normalized spacial score (nSPS) is 13.2. The Hall–Kier alpha value is -2.36. The summed E-state index contributed by atoms with van der Waals surface area (Å²) >= 11 is 0. The van der Waals surface area contributed by atoms with Gasteiger partial charge in [0.1, 0.15) is 5.75 Å². The molecule has 1 aliphatic heterocycles. The van der Waals surface area contributed by atoms with E-state index in [0.29, 0.717) is 12.1 Å². The fourth-order valence-electron chi connectivity index (χ4n) is 2.28. The number of carbonyl (C=O) groups is 1. The van der Waals surface area contributed by atoms with Crippen LogP contribution >= 0.6 is 0 Å². The number of nitrogens with zero attached hydrogens (tertiary/aromatic N) is 1. The second-order valence-electron chi connectivity index (χ2n) is 4.78. The Morgan fingerprint density at radius 3 is 3.10 bits per heavy atom. The number of carbonyl (C=O) groups excluding carboxylic acids is 1. The molecule has 4 heteroatoms. The van der Waals surface area contributed by atoms with Crippen molar-refractivity contribution >= 4 is 5.91 Å². The molecule has 1 aliphatic rings. The summed E-state index contributed by atoms with van der Waals surface area (Å²) in [5.41, 5.74) is 2.63. The summed E-state index contributed by atoms with van der Waals surface area (Å²) in [5, 5.41) is 2.88. The molecular weight excluding hydrogens is 252 g/mol. The summed E-state index contributed by atoms with van der Waals surface area (Å²) in [6, 6.07) is 11.3. The van der Waals surface area contributed by atoms with Crippen LogP contribution in [0, 0.1) is 0 Å². The van der Waals surface area contributed by atoms with E-state index >= 15 is 0 Å². The first-order valence-corrected chi connectivity index (χ1v) is 6.77. The van der Waals surface area contributed by atoms with Crippen LogP contribution in [0.3, 0.4) is 0 Å². The van der Waals surface area contributed by atoms with Crippen LogP contribution < -0.4 is 10.1 Å². The summed E-state index contributed by atoms with van der Waals surface area (Å²) in [6.45, 7) is 1.20. The molecule has 1 aromatic heterocycles. The molecule has 2 aromatic rings. The standard InChI is InChI=1S/C16H16N2O2/c19-16(18-11-14-5-1-2-8-17-14)13-6-7-15-12(10-13)4-3-9-20-15/h1-2,5-8,10H,3-4,9,11H2,(H,18,19). The van der Waals surface area contributed by atoms with Crippen molar-refractivity contribution in [1.29, 1.82) is 0 Å². The van der Waals surface area contributed by atoms with Crippen molar-refractivity contribution in [2.24, 2.45) is 0 Å². The number of fused-ring (bicyclic) bond motifs is 1. The minimum absolute atomic E-state index is 0.0796. The number of ether oxygens (including phenoxy) is 1. The van der Waals surface area contributed by atoms with Crippen LogP contribution in [0.1, 0.15) is 28.0 Å². The van der Waals surface area contributed by atoms with Crippen molar-refractivity contribution in [3.05, 3.63) is 59.4 Å². The number of amides is 1. The molecule has 0 fully saturated rings. The quantitative estimate of drug-likeness (QED) is 0.929. The summed E-state index contributed by atoms with van der Waals surface area (Å²) in [6.07, 6.45) is 3.69. The Balaban J connectivity index is 1.68. The fraction of sp³-hybridized carbons (Fsp3) is 0.250. The van der Waals surface area contributed by atoms with Gasteiger partial charge in [0.15, 0.2) is 0 Å². The van der Waals surface area contributed by atoms with Gasteiger partial charge in [-0.05, 0) is 48.7 Å². The number of benzene rings is 1. The third-order valence-corrected chi connectivity index (χ3v) is 3.33. The van der Waals surface area contributed by atoms with Crippen LogP contribution in [0.5, 0.6) is 5.75 Å². The highest BCUT2D eigenvalue weighted by Crippen LogP contribution is 2.25. The number of aromatic nitrogens is 1. The van der Waals surface area contributed by atoms with Gasteiger partial charge >= 0.3 is 0 Å². The molecule has 0 aliphatic carbocycles. The molecule has 3 rings (SSSR count). The Bertz CT molecular complexity index is 611. The first-order valence-electron chi connectivity index (χ1n) is 6.77. The third-order valence-electron chi connectivity index (χ3n) is 3.33. The second kappa shape index (κ2) is 5.74. The van der Waals surface area contributed by atoms with Crippen molar-refractivity contribution in [2.45, 2.75) is 19.4 Å². The highest BCUT2D eigenvalue weighted by Gasteiger charge is 2.13. The Morgan fingerprint density at radius 1 is 1.30 bits per heavy atom. The van der Waals surface area contributed by atoms with Crippen molar-refractivity contribution < 1.29 is 9.53 Å². The van der Waals surface area contributed by atoms with Gasteiger partial charge in [-0.3, -0.25) is 9.78 Å². The zero-order chi connectivity index (χ0) is 13.8. The number of hydrogen-bond acceptors (Lipinski definition) is 3. The minimum atomic E-state index is -0.0796. The molecule has 1 N–H and O–H groups in total. The van der Waals surface area contributed by atoms with E-state index in [9.17, 15) is 4.79 Å². The predicted molar refractivity (Wildman–Crippen MR) is 75.7 cm³/mol. The van der Waals surface area contributed by atoms with Crippen LogP contribution in [0.25, 0.3) is 0 Å². The van der Waals surface area contributed by atoms with E-state index in [-0.39, 0.29) is 5.91 Å². The molecule has 20 heavy (non-hydrogen) atoms. The molecular formula is C16H16N2O2. The molecule has 0 atom stereocenters. The highest BCUT2D eigenvalue weighted by molar-refractivity contribution is 5.94. The van der Waals surface area contributed by atoms with Crippen LogP contribution in [0.4, 0.5) is 0 Å². The Labute approximate surface area is 117 Å². The molecule has 0 bridgehead atoms. The van der Waals surface area contributed by atoms with Gasteiger partial charge < -0.3 is 10.1 Å². The predicted octanol–water partition coefficient (Wildman–Crippen LogP) is 2.34. The molecule has 1 amide bonds. The van der Waals surface area contributed by atoms with Crippen molar-refractivity contribution in [3.63, 3.8) is 0 Å². The van der Waals surface area contributed by atoms with E-state index < -0.39 is 0 Å². The topological polar surface area (TPSA) is 51.2 Å². The van der Waals surface area contributed by atoms with Crippen LogP contribution in [0.15, 0.2) is 42.6 Å². The van der Waals surface area contributed by atoms with E-state index in [1.165, 1.54) is 0 Å². The fourth-order valence-corrected chi connectivity index (χ4v) is 2.28. The molecule has 0 unspecified atom stereocenters. The smallest absolute Gasteiger partial charge is 0.251 e. The number of nitrogens with one attached hydrogen (secondary N) is 1. The SMILES string of the molecule is O=C(NCc1ccccn1)c1ccc2c(c1)CCCO2. The lowest BCUT2D eigenvalue weighted by atomic mass is 10.0. The van der Waals surface area contributed by atoms with Crippen molar-refractivity contribution in [2.75, 3.05) is 6.61 Å². The van der Waals surface area contributed by atoms with Gasteiger partial charge in [-0.1, -0.05) is 6.07 Å². The molecule has 0 spiro atoms. The first kappa shape index (κ1) is 12.7. The maximum atomic E-state index is 12.1. The Kier molecular flexibility index (Phi) is 3.63. The van der Waals surface area contributed by atoms with Gasteiger partial charge in [-0.2, -0.15) is 0 Å². The van der Waals surface area contributed by atoms with Gasteiger partial charge in [0.05, 0.1) is 18.8 Å². The molecule has 4 nitrogen and oxygen atoms in total. The number of rotatable bonds is 3. The lowest BCUT2D eigenvalue weighted by Gasteiger charge is -2.17.